The average molecular weight is 335 g/mol. The number of hydrogen-bond acceptors (Lipinski definition) is 4. The number of amides is 1. The van der Waals surface area contributed by atoms with Crippen LogP contribution in [0, 0.1) is 6.92 Å². The molecule has 0 bridgehead atoms. The standard InChI is InChI=1S/C19H21N5O/c1-12-21-17-8-14(4-5-18(17)24(12)3)22-19(25)16-10-20-9-13-11-23(2)7-6-15(13)16/h4-5,8-10H,6-7,11H2,1-3H3,(H,22,25). The minimum Gasteiger partial charge on any atom is -0.331 e. The average Bonchev–Trinajstić information content (AvgIpc) is 2.87. The highest BCUT2D eigenvalue weighted by molar-refractivity contribution is 6.06. The highest BCUT2D eigenvalue weighted by atomic mass is 16.1. The first-order valence-electron chi connectivity index (χ1n) is 8.41. The lowest BCUT2D eigenvalue weighted by Gasteiger charge is -2.26. The van der Waals surface area contributed by atoms with Crippen molar-refractivity contribution in [3.63, 3.8) is 0 Å². The topological polar surface area (TPSA) is 63.1 Å². The van der Waals surface area contributed by atoms with E-state index in [0.717, 1.165) is 53.2 Å². The smallest absolute Gasteiger partial charge is 0.257 e. The first kappa shape index (κ1) is 15.8. The summed E-state index contributed by atoms with van der Waals surface area (Å²) >= 11 is 0. The van der Waals surface area contributed by atoms with E-state index in [1.807, 2.05) is 42.9 Å². The number of likely N-dealkylation sites (N-methyl/N-ethyl adjacent to an activating group) is 1. The molecule has 3 heterocycles. The molecule has 1 N–H and O–H groups in total. The van der Waals surface area contributed by atoms with Crippen LogP contribution in [0.3, 0.4) is 0 Å². The summed E-state index contributed by atoms with van der Waals surface area (Å²) in [6.45, 7) is 3.76. The fraction of sp³-hybridized carbons (Fsp3) is 0.316. The summed E-state index contributed by atoms with van der Waals surface area (Å²) in [5.74, 6) is 0.838. The van der Waals surface area contributed by atoms with E-state index in [2.05, 4.69) is 27.2 Å². The number of aromatic nitrogens is 3. The number of imidazole rings is 1. The van der Waals surface area contributed by atoms with Crippen LogP contribution in [-0.4, -0.2) is 38.9 Å². The molecule has 128 valence electrons. The fourth-order valence-electron chi connectivity index (χ4n) is 3.43. The molecule has 0 saturated heterocycles. The number of anilines is 1. The number of hydrogen-bond donors (Lipinski definition) is 1. The van der Waals surface area contributed by atoms with Crippen LogP contribution >= 0.6 is 0 Å². The predicted molar refractivity (Wildman–Crippen MR) is 97.7 cm³/mol. The Morgan fingerprint density at radius 2 is 2.08 bits per heavy atom. The Bertz CT molecular complexity index is 975. The molecule has 1 aliphatic rings. The normalized spacial score (nSPS) is 14.5. The van der Waals surface area contributed by atoms with Crippen LogP contribution in [0.2, 0.25) is 0 Å². The number of aryl methyl sites for hydroxylation is 2. The quantitative estimate of drug-likeness (QED) is 0.782. The van der Waals surface area contributed by atoms with Gasteiger partial charge in [0.05, 0.1) is 16.6 Å². The maximum absolute atomic E-state index is 12.8. The van der Waals surface area contributed by atoms with Gasteiger partial charge in [0, 0.05) is 38.2 Å². The van der Waals surface area contributed by atoms with Crippen LogP contribution < -0.4 is 5.32 Å². The molecule has 0 spiro atoms. The maximum Gasteiger partial charge on any atom is 0.257 e. The summed E-state index contributed by atoms with van der Waals surface area (Å²) in [7, 11) is 4.07. The van der Waals surface area contributed by atoms with Crippen LogP contribution in [0.25, 0.3) is 11.0 Å². The van der Waals surface area contributed by atoms with Crippen molar-refractivity contribution >= 4 is 22.6 Å². The molecular weight excluding hydrogens is 314 g/mol. The number of benzene rings is 1. The minimum absolute atomic E-state index is 0.110. The molecule has 0 saturated carbocycles. The Morgan fingerprint density at radius 1 is 1.24 bits per heavy atom. The number of rotatable bonds is 2. The number of carbonyl (C=O) groups is 1. The van der Waals surface area contributed by atoms with Crippen molar-refractivity contribution in [2.24, 2.45) is 7.05 Å². The first-order valence-corrected chi connectivity index (χ1v) is 8.41. The Morgan fingerprint density at radius 3 is 2.92 bits per heavy atom. The van der Waals surface area contributed by atoms with Gasteiger partial charge in [-0.05, 0) is 49.7 Å². The second-order valence-electron chi connectivity index (χ2n) is 6.69. The van der Waals surface area contributed by atoms with E-state index in [0.29, 0.717) is 5.56 Å². The summed E-state index contributed by atoms with van der Waals surface area (Å²) < 4.78 is 2.04. The van der Waals surface area contributed by atoms with Crippen molar-refractivity contribution in [2.75, 3.05) is 18.9 Å². The lowest BCUT2D eigenvalue weighted by atomic mass is 9.97. The number of nitrogens with one attached hydrogen (secondary N) is 1. The third-order valence-corrected chi connectivity index (χ3v) is 4.94. The molecule has 0 unspecified atom stereocenters. The largest absolute Gasteiger partial charge is 0.331 e. The molecule has 6 heteroatoms. The minimum atomic E-state index is -0.110. The van der Waals surface area contributed by atoms with Crippen LogP contribution in [0.4, 0.5) is 5.69 Å². The molecule has 4 rings (SSSR count). The van der Waals surface area contributed by atoms with Crippen molar-refractivity contribution < 1.29 is 4.79 Å². The van der Waals surface area contributed by atoms with Crippen molar-refractivity contribution in [1.82, 2.24) is 19.4 Å². The van der Waals surface area contributed by atoms with Gasteiger partial charge < -0.3 is 14.8 Å². The molecule has 0 atom stereocenters. The van der Waals surface area contributed by atoms with Gasteiger partial charge in [0.15, 0.2) is 0 Å². The van der Waals surface area contributed by atoms with Gasteiger partial charge in [-0.15, -0.1) is 0 Å². The first-order chi connectivity index (χ1) is 12.0. The Kier molecular flexibility index (Phi) is 3.77. The van der Waals surface area contributed by atoms with Crippen LogP contribution in [0.15, 0.2) is 30.6 Å². The molecule has 0 radical (unpaired) electrons. The van der Waals surface area contributed by atoms with E-state index in [4.69, 9.17) is 0 Å². The molecule has 3 aromatic rings. The number of nitrogens with zero attached hydrogens (tertiary/aromatic N) is 4. The highest BCUT2D eigenvalue weighted by Gasteiger charge is 2.20. The fourth-order valence-corrected chi connectivity index (χ4v) is 3.43. The molecule has 2 aromatic heterocycles. The Balaban J connectivity index is 1.63. The van der Waals surface area contributed by atoms with E-state index < -0.39 is 0 Å². The number of carbonyl (C=O) groups excluding carboxylic acids is 1. The van der Waals surface area contributed by atoms with Gasteiger partial charge in [-0.3, -0.25) is 9.78 Å². The maximum atomic E-state index is 12.8. The lowest BCUT2D eigenvalue weighted by Crippen LogP contribution is -2.29. The van der Waals surface area contributed by atoms with E-state index >= 15 is 0 Å². The SMILES string of the molecule is Cc1nc2cc(NC(=O)c3cncc4c3CCN(C)C4)ccc2n1C. The summed E-state index contributed by atoms with van der Waals surface area (Å²) in [4.78, 5) is 23.8. The van der Waals surface area contributed by atoms with Gasteiger partial charge in [0.1, 0.15) is 5.82 Å². The van der Waals surface area contributed by atoms with Gasteiger partial charge in [-0.1, -0.05) is 0 Å². The molecular formula is C19H21N5O. The molecule has 1 aromatic carbocycles. The molecule has 0 fully saturated rings. The van der Waals surface area contributed by atoms with E-state index in [1.54, 1.807) is 6.20 Å². The summed E-state index contributed by atoms with van der Waals surface area (Å²) in [6.07, 6.45) is 4.41. The second kappa shape index (κ2) is 5.97. The highest BCUT2D eigenvalue weighted by Crippen LogP contribution is 2.23. The number of pyridine rings is 1. The molecule has 0 aliphatic carbocycles. The molecule has 25 heavy (non-hydrogen) atoms. The lowest BCUT2D eigenvalue weighted by molar-refractivity contribution is 0.102. The van der Waals surface area contributed by atoms with Gasteiger partial charge in [0.2, 0.25) is 0 Å². The third kappa shape index (κ3) is 2.78. The summed E-state index contributed by atoms with van der Waals surface area (Å²) in [5.41, 5.74) is 5.60. The Hall–Kier alpha value is -2.73. The van der Waals surface area contributed by atoms with Crippen LogP contribution in [0.1, 0.15) is 27.3 Å². The zero-order valence-electron chi connectivity index (χ0n) is 14.7. The van der Waals surface area contributed by atoms with E-state index in [1.165, 1.54) is 0 Å². The van der Waals surface area contributed by atoms with Gasteiger partial charge >= 0.3 is 0 Å². The van der Waals surface area contributed by atoms with E-state index in [9.17, 15) is 4.79 Å². The van der Waals surface area contributed by atoms with Crippen molar-refractivity contribution in [3.05, 3.63) is 53.1 Å². The van der Waals surface area contributed by atoms with Crippen LogP contribution in [0.5, 0.6) is 0 Å². The van der Waals surface area contributed by atoms with Gasteiger partial charge in [-0.2, -0.15) is 0 Å². The molecule has 6 nitrogen and oxygen atoms in total. The number of fused-ring (bicyclic) bond motifs is 2. The Labute approximate surface area is 146 Å². The van der Waals surface area contributed by atoms with Crippen molar-refractivity contribution in [2.45, 2.75) is 19.9 Å². The van der Waals surface area contributed by atoms with Crippen LogP contribution in [-0.2, 0) is 20.0 Å². The van der Waals surface area contributed by atoms with Gasteiger partial charge in [0.25, 0.3) is 5.91 Å². The summed E-state index contributed by atoms with van der Waals surface area (Å²) in [5, 5.41) is 3.00. The molecule has 1 amide bonds. The zero-order chi connectivity index (χ0) is 17.6. The monoisotopic (exact) mass is 335 g/mol. The van der Waals surface area contributed by atoms with Crippen molar-refractivity contribution in [1.29, 1.82) is 0 Å². The third-order valence-electron chi connectivity index (χ3n) is 4.94. The predicted octanol–water partition coefficient (Wildman–Crippen LogP) is 2.52. The van der Waals surface area contributed by atoms with Crippen molar-refractivity contribution in [3.8, 4) is 0 Å². The second-order valence-corrected chi connectivity index (χ2v) is 6.69. The van der Waals surface area contributed by atoms with E-state index in [-0.39, 0.29) is 5.91 Å². The summed E-state index contributed by atoms with van der Waals surface area (Å²) in [6, 6.07) is 5.81. The van der Waals surface area contributed by atoms with Gasteiger partial charge in [-0.25, -0.2) is 4.98 Å². The zero-order valence-corrected chi connectivity index (χ0v) is 14.7. The molecule has 1 aliphatic heterocycles.